The van der Waals surface area contributed by atoms with Crippen molar-refractivity contribution >= 4 is 5.97 Å². The van der Waals surface area contributed by atoms with E-state index in [4.69, 9.17) is 0 Å². The van der Waals surface area contributed by atoms with Crippen LogP contribution < -0.4 is 0 Å². The molecule has 0 radical (unpaired) electrons. The Morgan fingerprint density at radius 1 is 1.20 bits per heavy atom. The molecule has 0 aliphatic carbocycles. The van der Waals surface area contributed by atoms with Gasteiger partial charge in [-0.1, -0.05) is 13.8 Å². The molecule has 3 heteroatoms. The molecule has 0 aromatic carbocycles. The number of nitrogens with zero attached hydrogens (tertiary/aromatic N) is 1. The molecule has 1 atom stereocenters. The predicted molar refractivity (Wildman–Crippen MR) is 63.0 cm³/mol. The first-order valence-corrected chi connectivity index (χ1v) is 5.64. The maximum absolute atomic E-state index is 11.2. The summed E-state index contributed by atoms with van der Waals surface area (Å²) in [6.45, 7) is 10.8. The van der Waals surface area contributed by atoms with Crippen LogP contribution >= 0.6 is 0 Å². The summed E-state index contributed by atoms with van der Waals surface area (Å²) in [4.78, 5) is 13.3. The second-order valence-corrected chi connectivity index (χ2v) is 5.24. The lowest BCUT2D eigenvalue weighted by molar-refractivity contribution is -0.149. The van der Waals surface area contributed by atoms with Crippen molar-refractivity contribution in [3.8, 4) is 0 Å². The quantitative estimate of drug-likeness (QED) is 0.740. The Morgan fingerprint density at radius 2 is 1.67 bits per heavy atom. The molecule has 0 rings (SSSR count). The number of carboxylic acids is 1. The van der Waals surface area contributed by atoms with E-state index < -0.39 is 11.4 Å². The van der Waals surface area contributed by atoms with Gasteiger partial charge in [0.1, 0.15) is 0 Å². The highest BCUT2D eigenvalue weighted by atomic mass is 16.4. The Balaban J connectivity index is 4.64. The fraction of sp³-hybridized carbons (Fsp3) is 0.917. The monoisotopic (exact) mass is 215 g/mol. The van der Waals surface area contributed by atoms with Gasteiger partial charge in [-0.15, -0.1) is 0 Å². The molecule has 1 unspecified atom stereocenters. The van der Waals surface area contributed by atoms with Crippen molar-refractivity contribution in [3.63, 3.8) is 0 Å². The van der Waals surface area contributed by atoms with Gasteiger partial charge in [-0.3, -0.25) is 4.79 Å². The smallest absolute Gasteiger partial charge is 0.310 e. The predicted octanol–water partition coefficient (Wildman–Crippen LogP) is 2.61. The van der Waals surface area contributed by atoms with Crippen molar-refractivity contribution in [2.45, 2.75) is 53.0 Å². The zero-order valence-corrected chi connectivity index (χ0v) is 10.9. The minimum absolute atomic E-state index is 0.0614. The minimum atomic E-state index is -0.705. The number of carbonyl (C=O) groups is 1. The fourth-order valence-electron chi connectivity index (χ4n) is 1.34. The van der Waals surface area contributed by atoms with Gasteiger partial charge >= 0.3 is 5.97 Å². The Labute approximate surface area is 93.5 Å². The van der Waals surface area contributed by atoms with Crippen LogP contribution in [0.5, 0.6) is 0 Å². The third-order valence-corrected chi connectivity index (χ3v) is 3.78. The van der Waals surface area contributed by atoms with Crippen molar-refractivity contribution in [1.82, 2.24) is 4.90 Å². The first-order chi connectivity index (χ1) is 6.69. The van der Waals surface area contributed by atoms with E-state index >= 15 is 0 Å². The molecule has 0 heterocycles. The van der Waals surface area contributed by atoms with E-state index in [0.717, 1.165) is 6.42 Å². The summed E-state index contributed by atoms with van der Waals surface area (Å²) in [6, 6.07) is 0. The average molecular weight is 215 g/mol. The van der Waals surface area contributed by atoms with Crippen molar-refractivity contribution < 1.29 is 9.90 Å². The van der Waals surface area contributed by atoms with Crippen LogP contribution in [0.25, 0.3) is 0 Å². The average Bonchev–Trinajstić information content (AvgIpc) is 2.17. The Kier molecular flexibility index (Phi) is 4.78. The van der Waals surface area contributed by atoms with Crippen LogP contribution in [0.4, 0.5) is 0 Å². The molecular formula is C12H25NO2. The van der Waals surface area contributed by atoms with E-state index in [1.54, 1.807) is 0 Å². The van der Waals surface area contributed by atoms with Crippen LogP contribution in [0.2, 0.25) is 0 Å². The molecule has 0 aliphatic rings. The standard InChI is InChI=1S/C12H25NO2/c1-7-11(3,4)13(6)9-12(5,8-2)10(14)15/h7-9H2,1-6H3,(H,14,15). The maximum atomic E-state index is 11.2. The lowest BCUT2D eigenvalue weighted by Crippen LogP contribution is -2.48. The molecule has 0 aromatic rings. The summed E-state index contributed by atoms with van der Waals surface area (Å²) in [7, 11) is 2.00. The number of hydrogen-bond donors (Lipinski definition) is 1. The molecule has 3 nitrogen and oxygen atoms in total. The summed E-state index contributed by atoms with van der Waals surface area (Å²) < 4.78 is 0. The van der Waals surface area contributed by atoms with Crippen molar-refractivity contribution in [3.05, 3.63) is 0 Å². The highest BCUT2D eigenvalue weighted by Gasteiger charge is 2.35. The largest absolute Gasteiger partial charge is 0.481 e. The fourth-order valence-corrected chi connectivity index (χ4v) is 1.34. The summed E-state index contributed by atoms with van der Waals surface area (Å²) in [5.41, 5.74) is -0.576. The molecule has 15 heavy (non-hydrogen) atoms. The molecule has 0 saturated carbocycles. The van der Waals surface area contributed by atoms with Crippen LogP contribution in [-0.2, 0) is 4.79 Å². The van der Waals surface area contributed by atoms with Gasteiger partial charge in [0.05, 0.1) is 5.41 Å². The van der Waals surface area contributed by atoms with Crippen LogP contribution in [0, 0.1) is 5.41 Å². The van der Waals surface area contributed by atoms with Crippen LogP contribution in [0.3, 0.4) is 0 Å². The highest BCUT2D eigenvalue weighted by Crippen LogP contribution is 2.27. The Morgan fingerprint density at radius 3 is 1.93 bits per heavy atom. The molecule has 0 amide bonds. The van der Waals surface area contributed by atoms with Gasteiger partial charge in [-0.25, -0.2) is 0 Å². The van der Waals surface area contributed by atoms with E-state index in [1.165, 1.54) is 0 Å². The van der Waals surface area contributed by atoms with Gasteiger partial charge in [-0.05, 0) is 40.7 Å². The SMILES string of the molecule is CCC(C)(CN(C)C(C)(C)CC)C(=O)O. The van der Waals surface area contributed by atoms with Gasteiger partial charge in [0.15, 0.2) is 0 Å². The molecule has 0 aromatic heterocycles. The Hall–Kier alpha value is -0.570. The topological polar surface area (TPSA) is 40.5 Å². The lowest BCUT2D eigenvalue weighted by atomic mass is 9.85. The normalized spacial score (nSPS) is 16.5. The summed E-state index contributed by atoms with van der Waals surface area (Å²) >= 11 is 0. The van der Waals surface area contributed by atoms with Gasteiger partial charge in [0.2, 0.25) is 0 Å². The summed E-state index contributed by atoms with van der Waals surface area (Å²) in [5.74, 6) is -0.705. The second-order valence-electron chi connectivity index (χ2n) is 5.24. The van der Waals surface area contributed by atoms with E-state index in [2.05, 4.69) is 25.7 Å². The van der Waals surface area contributed by atoms with Crippen LogP contribution in [0.1, 0.15) is 47.5 Å². The lowest BCUT2D eigenvalue weighted by Gasteiger charge is -2.39. The summed E-state index contributed by atoms with van der Waals surface area (Å²) in [6.07, 6.45) is 1.68. The van der Waals surface area contributed by atoms with Gasteiger partial charge < -0.3 is 10.0 Å². The number of rotatable bonds is 6. The van der Waals surface area contributed by atoms with Crippen molar-refractivity contribution in [1.29, 1.82) is 0 Å². The molecule has 1 N–H and O–H groups in total. The third kappa shape index (κ3) is 3.49. The third-order valence-electron chi connectivity index (χ3n) is 3.78. The zero-order valence-electron chi connectivity index (χ0n) is 10.9. The molecule has 0 bridgehead atoms. The minimum Gasteiger partial charge on any atom is -0.481 e. The van der Waals surface area contributed by atoms with Crippen LogP contribution in [-0.4, -0.2) is 35.1 Å². The molecular weight excluding hydrogens is 190 g/mol. The second kappa shape index (κ2) is 4.97. The van der Waals surface area contributed by atoms with Crippen LogP contribution in [0.15, 0.2) is 0 Å². The van der Waals surface area contributed by atoms with E-state index in [9.17, 15) is 9.90 Å². The first kappa shape index (κ1) is 14.4. The van der Waals surface area contributed by atoms with Gasteiger partial charge in [0, 0.05) is 12.1 Å². The molecule has 0 saturated heterocycles. The molecule has 90 valence electrons. The Bertz CT molecular complexity index is 226. The van der Waals surface area contributed by atoms with E-state index in [-0.39, 0.29) is 5.54 Å². The van der Waals surface area contributed by atoms with Crippen molar-refractivity contribution in [2.24, 2.45) is 5.41 Å². The first-order valence-electron chi connectivity index (χ1n) is 5.64. The number of aliphatic carboxylic acids is 1. The molecule has 0 fully saturated rings. The van der Waals surface area contributed by atoms with E-state index in [0.29, 0.717) is 13.0 Å². The summed E-state index contributed by atoms with van der Waals surface area (Å²) in [5, 5.41) is 9.19. The highest BCUT2D eigenvalue weighted by molar-refractivity contribution is 5.74. The van der Waals surface area contributed by atoms with Crippen molar-refractivity contribution in [2.75, 3.05) is 13.6 Å². The molecule has 0 aliphatic heterocycles. The van der Waals surface area contributed by atoms with Gasteiger partial charge in [-0.2, -0.15) is 0 Å². The van der Waals surface area contributed by atoms with Gasteiger partial charge in [0.25, 0.3) is 0 Å². The molecule has 0 spiro atoms. The van der Waals surface area contributed by atoms with E-state index in [1.807, 2.05) is 20.9 Å². The number of carboxylic acid groups (broad SMARTS) is 1. The maximum Gasteiger partial charge on any atom is 0.310 e. The zero-order chi connectivity index (χ0) is 12.3. The number of hydrogen-bond acceptors (Lipinski definition) is 2.